The number of carbonyl (C=O) groups excluding carboxylic acids is 3. The topological polar surface area (TPSA) is 92.9 Å². The molecule has 0 spiro atoms. The normalized spacial score (nSPS) is 23.8. The Kier molecular flexibility index (Phi) is 5.17. The van der Waals surface area contributed by atoms with Crippen molar-refractivity contribution in [2.75, 3.05) is 11.4 Å². The first-order valence-corrected chi connectivity index (χ1v) is 10.1. The minimum atomic E-state index is -0.977. The van der Waals surface area contributed by atoms with Gasteiger partial charge in [0.1, 0.15) is 6.54 Å². The number of benzene rings is 2. The van der Waals surface area contributed by atoms with E-state index in [0.717, 1.165) is 28.7 Å². The molecule has 0 saturated carbocycles. The van der Waals surface area contributed by atoms with E-state index in [0.29, 0.717) is 5.69 Å². The zero-order valence-corrected chi connectivity index (χ0v) is 17.3. The van der Waals surface area contributed by atoms with Crippen LogP contribution in [0.2, 0.25) is 0 Å². The summed E-state index contributed by atoms with van der Waals surface area (Å²) in [6, 6.07) is 12.6. The Morgan fingerprint density at radius 1 is 1.03 bits per heavy atom. The standard InChI is InChI=1S/C23H25N3O4/c1-4-15-6-9-17(10-7-15)26-22(28)19-20(16-8-5-13(2)14(3)11-16)25(12-18(24)27)30-21(19)23(26)29/h5-11,19-21H,4,12H2,1-3H3,(H2,24,27). The first kappa shape index (κ1) is 20.3. The van der Waals surface area contributed by atoms with Crippen molar-refractivity contribution in [1.29, 1.82) is 0 Å². The Bertz CT molecular complexity index is 1020. The lowest BCUT2D eigenvalue weighted by Crippen LogP contribution is -2.40. The summed E-state index contributed by atoms with van der Waals surface area (Å²) in [7, 11) is 0. The quantitative estimate of drug-likeness (QED) is 0.767. The Balaban J connectivity index is 1.73. The highest BCUT2D eigenvalue weighted by Gasteiger charge is 2.60. The second kappa shape index (κ2) is 7.66. The lowest BCUT2D eigenvalue weighted by atomic mass is 9.89. The molecule has 0 aliphatic carbocycles. The molecule has 3 atom stereocenters. The van der Waals surface area contributed by atoms with Crippen molar-refractivity contribution in [2.45, 2.75) is 39.3 Å². The van der Waals surface area contributed by atoms with E-state index in [9.17, 15) is 14.4 Å². The second-order valence-electron chi connectivity index (χ2n) is 7.91. The summed E-state index contributed by atoms with van der Waals surface area (Å²) in [6.07, 6.45) is -0.109. The van der Waals surface area contributed by atoms with E-state index in [2.05, 4.69) is 0 Å². The molecule has 2 aromatic rings. The lowest BCUT2D eigenvalue weighted by molar-refractivity contribution is -0.175. The summed E-state index contributed by atoms with van der Waals surface area (Å²) in [6.45, 7) is 5.82. The van der Waals surface area contributed by atoms with E-state index in [1.54, 1.807) is 12.1 Å². The van der Waals surface area contributed by atoms with Crippen LogP contribution in [0.5, 0.6) is 0 Å². The molecule has 2 aromatic carbocycles. The van der Waals surface area contributed by atoms with Crippen molar-refractivity contribution in [3.05, 3.63) is 64.7 Å². The van der Waals surface area contributed by atoms with E-state index in [4.69, 9.17) is 10.6 Å². The molecule has 2 aliphatic heterocycles. The predicted octanol–water partition coefficient (Wildman–Crippen LogP) is 2.20. The Morgan fingerprint density at radius 3 is 2.33 bits per heavy atom. The number of anilines is 1. The van der Waals surface area contributed by atoms with Crippen LogP contribution in [-0.4, -0.2) is 35.4 Å². The van der Waals surface area contributed by atoms with Crippen LogP contribution in [0.1, 0.15) is 35.2 Å². The third kappa shape index (κ3) is 3.30. The smallest absolute Gasteiger partial charge is 0.265 e. The van der Waals surface area contributed by atoms with E-state index >= 15 is 0 Å². The van der Waals surface area contributed by atoms with E-state index in [-0.39, 0.29) is 12.5 Å². The molecule has 30 heavy (non-hydrogen) atoms. The molecule has 2 saturated heterocycles. The maximum atomic E-state index is 13.4. The molecule has 7 heteroatoms. The molecule has 2 heterocycles. The molecule has 156 valence electrons. The first-order valence-electron chi connectivity index (χ1n) is 10.1. The molecule has 0 bridgehead atoms. The lowest BCUT2D eigenvalue weighted by Gasteiger charge is -2.26. The van der Waals surface area contributed by atoms with Gasteiger partial charge in [-0.3, -0.25) is 19.2 Å². The summed E-state index contributed by atoms with van der Waals surface area (Å²) >= 11 is 0. The van der Waals surface area contributed by atoms with Crippen LogP contribution in [0.15, 0.2) is 42.5 Å². The van der Waals surface area contributed by atoms with Crippen molar-refractivity contribution >= 4 is 23.4 Å². The zero-order chi connectivity index (χ0) is 21.6. The minimum Gasteiger partial charge on any atom is -0.368 e. The molecule has 2 N–H and O–H groups in total. The number of hydrogen-bond donors (Lipinski definition) is 1. The number of amides is 3. The summed E-state index contributed by atoms with van der Waals surface area (Å²) < 4.78 is 0. The Labute approximate surface area is 175 Å². The number of nitrogens with zero attached hydrogens (tertiary/aromatic N) is 2. The summed E-state index contributed by atoms with van der Waals surface area (Å²) in [4.78, 5) is 45.2. The number of nitrogens with two attached hydrogens (primary N) is 1. The van der Waals surface area contributed by atoms with Gasteiger partial charge >= 0.3 is 0 Å². The Morgan fingerprint density at radius 2 is 1.73 bits per heavy atom. The van der Waals surface area contributed by atoms with Crippen molar-refractivity contribution in [3.63, 3.8) is 0 Å². The number of imide groups is 1. The number of hydrogen-bond acceptors (Lipinski definition) is 5. The largest absolute Gasteiger partial charge is 0.368 e. The van der Waals surface area contributed by atoms with Gasteiger partial charge in [-0.1, -0.05) is 37.3 Å². The highest BCUT2D eigenvalue weighted by Crippen LogP contribution is 2.45. The molecule has 3 amide bonds. The van der Waals surface area contributed by atoms with Gasteiger partial charge in [-0.15, -0.1) is 0 Å². The van der Waals surface area contributed by atoms with Crippen LogP contribution >= 0.6 is 0 Å². The number of aryl methyl sites for hydroxylation is 3. The molecule has 4 rings (SSSR count). The van der Waals surface area contributed by atoms with Gasteiger partial charge in [-0.05, 0) is 54.7 Å². The minimum absolute atomic E-state index is 0.198. The zero-order valence-electron chi connectivity index (χ0n) is 17.3. The fraction of sp³-hybridized carbons (Fsp3) is 0.348. The predicted molar refractivity (Wildman–Crippen MR) is 111 cm³/mol. The van der Waals surface area contributed by atoms with Gasteiger partial charge in [0.2, 0.25) is 11.8 Å². The molecule has 2 fully saturated rings. The number of primary amides is 1. The van der Waals surface area contributed by atoms with Crippen molar-refractivity contribution in [2.24, 2.45) is 11.7 Å². The highest BCUT2D eigenvalue weighted by molar-refractivity contribution is 6.23. The summed E-state index contributed by atoms with van der Waals surface area (Å²) in [5, 5.41) is 1.38. The molecule has 0 aromatic heterocycles. The molecule has 2 aliphatic rings. The fourth-order valence-electron chi connectivity index (χ4n) is 4.22. The summed E-state index contributed by atoms with van der Waals surface area (Å²) in [5.74, 6) is -2.08. The fourth-order valence-corrected chi connectivity index (χ4v) is 4.22. The van der Waals surface area contributed by atoms with Crippen molar-refractivity contribution < 1.29 is 19.2 Å². The van der Waals surface area contributed by atoms with Crippen LogP contribution in [0, 0.1) is 19.8 Å². The third-order valence-electron chi connectivity index (χ3n) is 5.98. The van der Waals surface area contributed by atoms with E-state index in [1.165, 1.54) is 9.96 Å². The van der Waals surface area contributed by atoms with Gasteiger partial charge in [0.05, 0.1) is 17.6 Å². The highest BCUT2D eigenvalue weighted by atomic mass is 16.7. The van der Waals surface area contributed by atoms with Gasteiger partial charge in [0.25, 0.3) is 5.91 Å². The van der Waals surface area contributed by atoms with Gasteiger partial charge in [0, 0.05) is 0 Å². The third-order valence-corrected chi connectivity index (χ3v) is 5.98. The number of rotatable bonds is 5. The average Bonchev–Trinajstić information content (AvgIpc) is 3.19. The molecule has 3 unspecified atom stereocenters. The second-order valence-corrected chi connectivity index (χ2v) is 7.91. The maximum absolute atomic E-state index is 13.4. The van der Waals surface area contributed by atoms with Crippen molar-refractivity contribution in [1.82, 2.24) is 5.06 Å². The van der Waals surface area contributed by atoms with E-state index in [1.807, 2.05) is 51.1 Å². The average molecular weight is 407 g/mol. The van der Waals surface area contributed by atoms with Crippen LogP contribution < -0.4 is 10.6 Å². The molecule has 7 nitrogen and oxygen atoms in total. The van der Waals surface area contributed by atoms with Gasteiger partial charge in [-0.25, -0.2) is 4.90 Å². The number of hydroxylamine groups is 2. The number of carbonyl (C=O) groups is 3. The Hall–Kier alpha value is -3.03. The maximum Gasteiger partial charge on any atom is 0.265 e. The van der Waals surface area contributed by atoms with Gasteiger partial charge in [-0.2, -0.15) is 5.06 Å². The van der Waals surface area contributed by atoms with Crippen LogP contribution in [0.25, 0.3) is 0 Å². The SMILES string of the molecule is CCc1ccc(N2C(=O)C3ON(CC(N)=O)C(c4ccc(C)c(C)c4)C3C2=O)cc1. The molecular weight excluding hydrogens is 382 g/mol. The molecule has 0 radical (unpaired) electrons. The van der Waals surface area contributed by atoms with Gasteiger partial charge in [0.15, 0.2) is 6.10 Å². The molecular formula is C23H25N3O4. The number of fused-ring (bicyclic) bond motifs is 1. The van der Waals surface area contributed by atoms with E-state index < -0.39 is 29.9 Å². The van der Waals surface area contributed by atoms with Crippen LogP contribution in [0.4, 0.5) is 5.69 Å². The van der Waals surface area contributed by atoms with Crippen molar-refractivity contribution in [3.8, 4) is 0 Å². The van der Waals surface area contributed by atoms with Crippen LogP contribution in [0.3, 0.4) is 0 Å². The van der Waals surface area contributed by atoms with Crippen LogP contribution in [-0.2, 0) is 25.6 Å². The first-order chi connectivity index (χ1) is 14.3. The summed E-state index contributed by atoms with van der Waals surface area (Å²) in [5.41, 5.74) is 10.0. The van der Waals surface area contributed by atoms with Gasteiger partial charge < -0.3 is 5.73 Å². The monoisotopic (exact) mass is 407 g/mol.